The molecule has 2 N–H and O–H groups in total. The van der Waals surface area contributed by atoms with Gasteiger partial charge in [-0.15, -0.1) is 0 Å². The molecule has 0 saturated heterocycles. The topological polar surface area (TPSA) is 119 Å². The first-order valence-electron chi connectivity index (χ1n) is 16.6. The largest absolute Gasteiger partial charge is 0.469 e. The Balaban J connectivity index is 4.08. The zero-order valence-electron chi connectivity index (χ0n) is 27.3. The Labute approximate surface area is 267 Å². The second-order valence-electron chi connectivity index (χ2n) is 10.8. The molecule has 0 aliphatic rings. The van der Waals surface area contributed by atoms with Gasteiger partial charge in [0.05, 0.1) is 6.61 Å². The highest BCUT2D eigenvalue weighted by Gasteiger charge is 2.22. The van der Waals surface area contributed by atoms with Crippen molar-refractivity contribution in [2.24, 2.45) is 0 Å². The molecule has 1 atom stereocenters. The Hall–Kier alpha value is -2.25. The molecule has 0 bridgehead atoms. The second kappa shape index (κ2) is 30.8. The van der Waals surface area contributed by atoms with E-state index < -0.39 is 32.5 Å². The molecule has 0 saturated carbocycles. The van der Waals surface area contributed by atoms with Crippen LogP contribution in [0.15, 0.2) is 60.8 Å². The fourth-order valence-electron chi connectivity index (χ4n) is 4.10. The van der Waals surface area contributed by atoms with Crippen molar-refractivity contribution in [1.29, 1.82) is 0 Å². The Morgan fingerprint density at radius 3 is 1.64 bits per heavy atom. The Morgan fingerprint density at radius 2 is 1.09 bits per heavy atom. The van der Waals surface area contributed by atoms with E-state index in [1.54, 1.807) is 0 Å². The van der Waals surface area contributed by atoms with Crippen LogP contribution in [0.2, 0.25) is 0 Å². The molecule has 0 fully saturated rings. The molecular formula is C35H59O8P. The lowest BCUT2D eigenvalue weighted by molar-refractivity contribution is -0.161. The van der Waals surface area contributed by atoms with E-state index in [0.29, 0.717) is 12.8 Å². The number of esters is 2. The summed E-state index contributed by atoms with van der Waals surface area (Å²) in [5.41, 5.74) is 0. The zero-order valence-corrected chi connectivity index (χ0v) is 28.2. The first-order chi connectivity index (χ1) is 21.3. The number of hydrogen-bond donors (Lipinski definition) is 2. The fourth-order valence-corrected chi connectivity index (χ4v) is 4.46. The van der Waals surface area contributed by atoms with Gasteiger partial charge in [-0.2, -0.15) is 0 Å². The Kier molecular flexibility index (Phi) is 29.2. The van der Waals surface area contributed by atoms with Gasteiger partial charge in [0.1, 0.15) is 6.61 Å². The Bertz CT molecular complexity index is 900. The number of carbonyl (C=O) groups is 2. The summed E-state index contributed by atoms with van der Waals surface area (Å²) >= 11 is 0. The number of phosphoric acid groups is 1. The minimum Gasteiger partial charge on any atom is -0.462 e. The lowest BCUT2D eigenvalue weighted by atomic mass is 10.1. The molecule has 44 heavy (non-hydrogen) atoms. The minimum atomic E-state index is -4.75. The van der Waals surface area contributed by atoms with E-state index in [2.05, 4.69) is 79.1 Å². The number of hydrogen-bond acceptors (Lipinski definition) is 6. The number of ether oxygens (including phenoxy) is 2. The van der Waals surface area contributed by atoms with E-state index in [-0.39, 0.29) is 19.4 Å². The van der Waals surface area contributed by atoms with Crippen LogP contribution >= 0.6 is 7.82 Å². The van der Waals surface area contributed by atoms with Crippen LogP contribution in [-0.4, -0.2) is 41.0 Å². The molecule has 0 amide bonds. The maximum absolute atomic E-state index is 12.3. The average molecular weight is 639 g/mol. The number of unbranched alkanes of at least 4 members (excludes halogenated alkanes) is 9. The summed E-state index contributed by atoms with van der Waals surface area (Å²) in [6, 6.07) is 0. The summed E-state index contributed by atoms with van der Waals surface area (Å²) in [5, 5.41) is 0. The molecule has 8 nitrogen and oxygen atoms in total. The van der Waals surface area contributed by atoms with Gasteiger partial charge in [-0.05, 0) is 57.8 Å². The van der Waals surface area contributed by atoms with E-state index in [1.807, 2.05) is 0 Å². The average Bonchev–Trinajstić information content (AvgIpc) is 2.98. The van der Waals surface area contributed by atoms with E-state index in [1.165, 1.54) is 19.3 Å². The molecule has 0 aliphatic carbocycles. The third-order valence-electron chi connectivity index (χ3n) is 6.55. The normalized spacial score (nSPS) is 13.3. The van der Waals surface area contributed by atoms with Gasteiger partial charge in [-0.1, -0.05) is 120 Å². The monoisotopic (exact) mass is 638 g/mol. The van der Waals surface area contributed by atoms with Gasteiger partial charge in [-0.25, -0.2) is 4.57 Å². The van der Waals surface area contributed by atoms with Gasteiger partial charge in [0.25, 0.3) is 0 Å². The molecule has 9 heteroatoms. The number of rotatable bonds is 29. The lowest BCUT2D eigenvalue weighted by Gasteiger charge is -2.18. The fraction of sp³-hybridized carbons (Fsp3) is 0.657. The third kappa shape index (κ3) is 32.7. The second-order valence-corrected chi connectivity index (χ2v) is 12.0. The summed E-state index contributed by atoms with van der Waals surface area (Å²) < 4.78 is 26.1. The van der Waals surface area contributed by atoms with Gasteiger partial charge in [0.15, 0.2) is 6.10 Å². The van der Waals surface area contributed by atoms with Crippen LogP contribution in [0.25, 0.3) is 0 Å². The smallest absolute Gasteiger partial charge is 0.462 e. The van der Waals surface area contributed by atoms with E-state index >= 15 is 0 Å². The van der Waals surface area contributed by atoms with Crippen molar-refractivity contribution in [1.82, 2.24) is 0 Å². The summed E-state index contributed by atoms with van der Waals surface area (Å²) in [4.78, 5) is 42.3. The SMILES string of the molecule is CC/C=C/C/C=C/C/C=C/C/C=C/C/C=C/CCCCCC(=O)O[C@H](COC(=O)CCCCCCCCC)COP(=O)(O)O. The highest BCUT2D eigenvalue weighted by atomic mass is 31.2. The van der Waals surface area contributed by atoms with Crippen LogP contribution in [-0.2, 0) is 28.2 Å². The molecule has 0 heterocycles. The van der Waals surface area contributed by atoms with Crippen LogP contribution in [0, 0.1) is 0 Å². The molecular weight excluding hydrogens is 579 g/mol. The number of allylic oxidation sites excluding steroid dienone is 10. The highest BCUT2D eigenvalue weighted by Crippen LogP contribution is 2.35. The molecule has 0 aromatic rings. The van der Waals surface area contributed by atoms with Gasteiger partial charge >= 0.3 is 19.8 Å². The van der Waals surface area contributed by atoms with Crippen molar-refractivity contribution < 1.29 is 37.9 Å². The standard InChI is InChI=1S/C35H59O8P/c1-3-5-7-9-11-12-13-14-15-16-17-18-19-20-21-22-24-26-28-30-35(37)43-33(32-42-44(38,39)40)31-41-34(36)29-27-25-23-10-8-6-4-2/h5,7,11-12,14-15,17-18,20-21,33H,3-4,6,8-10,13,16,19,22-32H2,1-2H3,(H2,38,39,40)/b7-5+,12-11+,15-14+,18-17+,21-20+/t33-/m1/s1. The van der Waals surface area contributed by atoms with Crippen molar-refractivity contribution in [3.8, 4) is 0 Å². The predicted octanol–water partition coefficient (Wildman–Crippen LogP) is 9.39. The molecule has 0 radical (unpaired) electrons. The third-order valence-corrected chi connectivity index (χ3v) is 7.04. The van der Waals surface area contributed by atoms with E-state index in [0.717, 1.165) is 70.6 Å². The lowest BCUT2D eigenvalue weighted by Crippen LogP contribution is -2.29. The molecule has 0 aromatic heterocycles. The van der Waals surface area contributed by atoms with E-state index in [4.69, 9.17) is 19.3 Å². The number of carbonyl (C=O) groups excluding carboxylic acids is 2. The maximum Gasteiger partial charge on any atom is 0.469 e. The van der Waals surface area contributed by atoms with Crippen molar-refractivity contribution in [3.05, 3.63) is 60.8 Å². The zero-order chi connectivity index (χ0) is 32.6. The molecule has 0 aromatic carbocycles. The molecule has 0 spiro atoms. The number of phosphoric ester groups is 1. The summed E-state index contributed by atoms with van der Waals surface area (Å²) in [6.07, 6.45) is 36.8. The van der Waals surface area contributed by atoms with Gasteiger partial charge in [0.2, 0.25) is 0 Å². The van der Waals surface area contributed by atoms with Crippen LogP contribution in [0.3, 0.4) is 0 Å². The highest BCUT2D eigenvalue weighted by molar-refractivity contribution is 7.46. The van der Waals surface area contributed by atoms with E-state index in [9.17, 15) is 14.2 Å². The Morgan fingerprint density at radius 1 is 0.614 bits per heavy atom. The molecule has 0 aliphatic heterocycles. The van der Waals surface area contributed by atoms with Crippen LogP contribution in [0.5, 0.6) is 0 Å². The van der Waals surface area contributed by atoms with Crippen molar-refractivity contribution in [2.75, 3.05) is 13.2 Å². The van der Waals surface area contributed by atoms with Gasteiger partial charge < -0.3 is 19.3 Å². The van der Waals surface area contributed by atoms with Crippen LogP contribution in [0.1, 0.15) is 129 Å². The minimum absolute atomic E-state index is 0.171. The maximum atomic E-state index is 12.3. The van der Waals surface area contributed by atoms with Crippen LogP contribution < -0.4 is 0 Å². The van der Waals surface area contributed by atoms with Gasteiger partial charge in [-0.3, -0.25) is 14.1 Å². The van der Waals surface area contributed by atoms with Crippen molar-refractivity contribution >= 4 is 19.8 Å². The van der Waals surface area contributed by atoms with Gasteiger partial charge in [0, 0.05) is 12.8 Å². The predicted molar refractivity (Wildman–Crippen MR) is 179 cm³/mol. The quantitative estimate of drug-likeness (QED) is 0.0360. The van der Waals surface area contributed by atoms with Crippen LogP contribution in [0.4, 0.5) is 0 Å². The first kappa shape index (κ1) is 41.8. The summed E-state index contributed by atoms with van der Waals surface area (Å²) in [6.45, 7) is 3.45. The molecule has 252 valence electrons. The van der Waals surface area contributed by atoms with Crippen molar-refractivity contribution in [3.63, 3.8) is 0 Å². The molecule has 0 rings (SSSR count). The summed E-state index contributed by atoms with van der Waals surface area (Å²) in [5.74, 6) is -0.937. The van der Waals surface area contributed by atoms with Crippen molar-refractivity contribution in [2.45, 2.75) is 136 Å². The molecule has 0 unspecified atom stereocenters. The first-order valence-corrected chi connectivity index (χ1v) is 18.1. The summed E-state index contributed by atoms with van der Waals surface area (Å²) in [7, 11) is -4.75.